The van der Waals surface area contributed by atoms with Gasteiger partial charge in [-0.2, -0.15) is 4.39 Å². The topological polar surface area (TPSA) is 59.8 Å². The van der Waals surface area contributed by atoms with Crippen LogP contribution in [-0.2, 0) is 12.1 Å². The molecule has 11 heteroatoms. The normalized spacial score (nSPS) is 15.1. The van der Waals surface area contributed by atoms with E-state index in [0.29, 0.717) is 4.57 Å². The van der Waals surface area contributed by atoms with Gasteiger partial charge in [0.15, 0.2) is 0 Å². The predicted molar refractivity (Wildman–Crippen MR) is 100 cm³/mol. The zero-order valence-corrected chi connectivity index (χ0v) is 16.1. The number of hydrogen-bond donors (Lipinski definition) is 1. The fourth-order valence-corrected chi connectivity index (χ4v) is 3.51. The first-order valence-electron chi connectivity index (χ1n) is 9.33. The van der Waals surface area contributed by atoms with Gasteiger partial charge in [-0.25, -0.2) is 31.9 Å². The Balaban J connectivity index is 1.79. The van der Waals surface area contributed by atoms with Gasteiger partial charge in [-0.15, -0.1) is 0 Å². The molecule has 0 radical (unpaired) electrons. The summed E-state index contributed by atoms with van der Waals surface area (Å²) in [4.78, 5) is 20.4. The van der Waals surface area contributed by atoms with Gasteiger partial charge in [0.1, 0.15) is 28.5 Å². The van der Waals surface area contributed by atoms with Crippen LogP contribution < -0.4 is 10.9 Å². The van der Waals surface area contributed by atoms with Crippen LogP contribution in [0, 0.1) is 18.6 Å². The quantitative estimate of drug-likeness (QED) is 0.563. The molecule has 1 N–H and O–H groups in total. The molecule has 0 amide bonds. The average molecular weight is 442 g/mol. The lowest BCUT2D eigenvalue weighted by Crippen LogP contribution is -2.37. The van der Waals surface area contributed by atoms with Crippen LogP contribution >= 0.6 is 0 Å². The van der Waals surface area contributed by atoms with Gasteiger partial charge in [0.05, 0.1) is 10.9 Å². The molecule has 2 heterocycles. The third-order valence-corrected chi connectivity index (χ3v) is 5.37. The highest BCUT2D eigenvalue weighted by Crippen LogP contribution is 2.48. The summed E-state index contributed by atoms with van der Waals surface area (Å²) in [6, 6.07) is 3.51. The number of pyridine rings is 1. The molecule has 2 aromatic heterocycles. The summed E-state index contributed by atoms with van der Waals surface area (Å²) < 4.78 is 82.6. The van der Waals surface area contributed by atoms with E-state index in [-0.39, 0.29) is 47.5 Å². The summed E-state index contributed by atoms with van der Waals surface area (Å²) in [5.41, 5.74) is -4.24. The number of rotatable bonds is 6. The third-order valence-electron chi connectivity index (χ3n) is 5.37. The number of halogens is 6. The Labute approximate surface area is 171 Å². The van der Waals surface area contributed by atoms with E-state index in [9.17, 15) is 31.1 Å². The minimum Gasteiger partial charge on any atom is -0.365 e. The number of hydrogen-bond acceptors (Lipinski definition) is 4. The number of aromatic nitrogens is 3. The molecule has 31 heavy (non-hydrogen) atoms. The van der Waals surface area contributed by atoms with Crippen molar-refractivity contribution in [2.45, 2.75) is 44.7 Å². The van der Waals surface area contributed by atoms with Crippen LogP contribution in [0.5, 0.6) is 0 Å². The van der Waals surface area contributed by atoms with E-state index in [1.807, 2.05) is 0 Å². The molecule has 1 fully saturated rings. The van der Waals surface area contributed by atoms with Crippen LogP contribution in [0.3, 0.4) is 0 Å². The van der Waals surface area contributed by atoms with E-state index in [1.165, 1.54) is 19.1 Å². The zero-order chi connectivity index (χ0) is 22.5. The summed E-state index contributed by atoms with van der Waals surface area (Å²) in [5, 5.41) is 2.67. The number of fused-ring (bicyclic) bond motifs is 1. The van der Waals surface area contributed by atoms with Gasteiger partial charge in [0.25, 0.3) is 18.4 Å². The lowest BCUT2D eigenvalue weighted by molar-refractivity contribution is 0.0648. The minimum absolute atomic E-state index is 0.0105. The highest BCUT2D eigenvalue weighted by Gasteiger charge is 2.54. The summed E-state index contributed by atoms with van der Waals surface area (Å²) in [7, 11) is 0. The Morgan fingerprint density at radius 2 is 1.84 bits per heavy atom. The smallest absolute Gasteiger partial charge is 0.289 e. The molecule has 1 saturated carbocycles. The first-order chi connectivity index (χ1) is 14.7. The number of aryl methyl sites for hydroxylation is 1. The van der Waals surface area contributed by atoms with Crippen LogP contribution in [0.4, 0.5) is 32.2 Å². The highest BCUT2D eigenvalue weighted by molar-refractivity contribution is 5.88. The fourth-order valence-electron chi connectivity index (χ4n) is 3.51. The second-order valence-electron chi connectivity index (χ2n) is 7.38. The van der Waals surface area contributed by atoms with Crippen molar-refractivity contribution in [1.82, 2.24) is 14.5 Å². The van der Waals surface area contributed by atoms with Gasteiger partial charge < -0.3 is 9.88 Å². The van der Waals surface area contributed by atoms with E-state index in [4.69, 9.17) is 0 Å². The SMILES string of the molecule is Cc1nc(NCc2cccc(C(F)F)c2F)c2cn(C3(C(F)F)CC3)c(=O)c(F)c2n1. The molecule has 0 spiro atoms. The van der Waals surface area contributed by atoms with E-state index in [0.717, 1.165) is 12.3 Å². The van der Waals surface area contributed by atoms with Crippen molar-refractivity contribution in [2.75, 3.05) is 5.32 Å². The summed E-state index contributed by atoms with van der Waals surface area (Å²) in [6.07, 6.45) is -4.80. The van der Waals surface area contributed by atoms with Crippen molar-refractivity contribution in [3.05, 3.63) is 63.3 Å². The van der Waals surface area contributed by atoms with Gasteiger partial charge in [0.2, 0.25) is 5.82 Å². The maximum atomic E-state index is 14.8. The van der Waals surface area contributed by atoms with Gasteiger partial charge in [-0.05, 0) is 19.8 Å². The zero-order valence-electron chi connectivity index (χ0n) is 16.1. The van der Waals surface area contributed by atoms with E-state index in [1.54, 1.807) is 0 Å². The number of nitrogens with zero attached hydrogens (tertiary/aromatic N) is 3. The first-order valence-corrected chi connectivity index (χ1v) is 9.33. The molecule has 4 rings (SSSR count). The monoisotopic (exact) mass is 442 g/mol. The third kappa shape index (κ3) is 3.51. The van der Waals surface area contributed by atoms with Gasteiger partial charge in [-0.1, -0.05) is 18.2 Å². The largest absolute Gasteiger partial charge is 0.365 e. The molecule has 5 nitrogen and oxygen atoms in total. The van der Waals surface area contributed by atoms with Crippen molar-refractivity contribution < 1.29 is 26.3 Å². The van der Waals surface area contributed by atoms with Crippen LogP contribution in [-0.4, -0.2) is 21.0 Å². The summed E-state index contributed by atoms with van der Waals surface area (Å²) in [5.74, 6) is -2.37. The fraction of sp³-hybridized carbons (Fsp3) is 0.350. The summed E-state index contributed by atoms with van der Waals surface area (Å²) >= 11 is 0. The number of alkyl halides is 4. The molecule has 0 saturated heterocycles. The van der Waals surface area contributed by atoms with Crippen LogP contribution in [0.1, 0.15) is 36.2 Å². The van der Waals surface area contributed by atoms with Crippen LogP contribution in [0.25, 0.3) is 10.9 Å². The minimum atomic E-state index is -3.00. The number of nitrogens with one attached hydrogen (secondary N) is 1. The van der Waals surface area contributed by atoms with Crippen LogP contribution in [0.2, 0.25) is 0 Å². The van der Waals surface area contributed by atoms with Crippen molar-refractivity contribution in [2.24, 2.45) is 0 Å². The number of benzene rings is 1. The Bertz CT molecular complexity index is 1220. The molecule has 164 valence electrons. The number of anilines is 1. The maximum absolute atomic E-state index is 14.8. The molecule has 3 aromatic rings. The molecule has 0 atom stereocenters. The molecule has 0 bridgehead atoms. The Hall–Kier alpha value is -3.11. The van der Waals surface area contributed by atoms with E-state index in [2.05, 4.69) is 15.3 Å². The van der Waals surface area contributed by atoms with Crippen molar-refractivity contribution >= 4 is 16.7 Å². The van der Waals surface area contributed by atoms with Crippen LogP contribution in [0.15, 0.2) is 29.2 Å². The lowest BCUT2D eigenvalue weighted by Gasteiger charge is -2.19. The second-order valence-corrected chi connectivity index (χ2v) is 7.38. The Morgan fingerprint density at radius 3 is 2.45 bits per heavy atom. The molecule has 1 aliphatic carbocycles. The van der Waals surface area contributed by atoms with Gasteiger partial charge >= 0.3 is 0 Å². The maximum Gasteiger partial charge on any atom is 0.289 e. The Morgan fingerprint density at radius 1 is 1.13 bits per heavy atom. The standard InChI is InChI=1S/C20H16F6N4O/c1-9-28-15-12(8-30(18(31)14(15)22)20(5-6-20)19(25)26)17(29-9)27-7-10-3-2-4-11(13(10)21)16(23)24/h2-4,8,16,19H,5-7H2,1H3,(H,27,28,29). The molecule has 0 unspecified atom stereocenters. The molecular weight excluding hydrogens is 426 g/mol. The first kappa shape index (κ1) is 21.1. The van der Waals surface area contributed by atoms with Gasteiger partial charge in [0, 0.05) is 18.3 Å². The van der Waals surface area contributed by atoms with E-state index >= 15 is 0 Å². The van der Waals surface area contributed by atoms with Crippen molar-refractivity contribution in [1.29, 1.82) is 0 Å². The average Bonchev–Trinajstić information content (AvgIpc) is 3.52. The molecular formula is C20H16F6N4O. The van der Waals surface area contributed by atoms with Gasteiger partial charge in [-0.3, -0.25) is 4.79 Å². The molecule has 0 aliphatic heterocycles. The highest BCUT2D eigenvalue weighted by atomic mass is 19.3. The molecule has 1 aromatic carbocycles. The predicted octanol–water partition coefficient (Wildman–Crippen LogP) is 4.68. The Kier molecular flexibility index (Phi) is 5.14. The van der Waals surface area contributed by atoms with Crippen molar-refractivity contribution in [3.63, 3.8) is 0 Å². The lowest BCUT2D eigenvalue weighted by atomic mass is 10.1. The molecule has 1 aliphatic rings. The second kappa shape index (κ2) is 7.54. The van der Waals surface area contributed by atoms with Crippen molar-refractivity contribution in [3.8, 4) is 0 Å². The summed E-state index contributed by atoms with van der Waals surface area (Å²) in [6.45, 7) is 1.13. The van der Waals surface area contributed by atoms with E-state index < -0.39 is 41.1 Å².